The number of carbonyl (C=O) groups excluding carboxylic acids is 2. The molecule has 2 aromatic rings. The number of rotatable bonds is 8. The Kier molecular flexibility index (Phi) is 7.02. The highest BCUT2D eigenvalue weighted by Gasteiger charge is 2.15. The van der Waals surface area contributed by atoms with Crippen LogP contribution in [-0.2, 0) is 16.1 Å². The van der Waals surface area contributed by atoms with Crippen LogP contribution in [0.15, 0.2) is 48.5 Å². The number of ether oxygens (including phenoxy) is 3. The van der Waals surface area contributed by atoms with Gasteiger partial charge in [-0.3, -0.25) is 4.79 Å². The van der Waals surface area contributed by atoms with Crippen LogP contribution in [0, 0.1) is 0 Å². The van der Waals surface area contributed by atoms with Gasteiger partial charge in [0.25, 0.3) is 5.91 Å². The maximum absolute atomic E-state index is 12.2. The van der Waals surface area contributed by atoms with Gasteiger partial charge in [0.2, 0.25) is 0 Å². The van der Waals surface area contributed by atoms with E-state index in [1.807, 2.05) is 24.3 Å². The summed E-state index contributed by atoms with van der Waals surface area (Å²) >= 11 is 0. The van der Waals surface area contributed by atoms with Gasteiger partial charge >= 0.3 is 5.97 Å². The van der Waals surface area contributed by atoms with Gasteiger partial charge in [-0.15, -0.1) is 0 Å². The van der Waals surface area contributed by atoms with Crippen LogP contribution in [0.3, 0.4) is 0 Å². The Balaban J connectivity index is 1.89. The lowest BCUT2D eigenvalue weighted by Gasteiger charge is -2.15. The van der Waals surface area contributed by atoms with Gasteiger partial charge in [-0.25, -0.2) is 4.79 Å². The fourth-order valence-corrected chi connectivity index (χ4v) is 2.24. The first-order chi connectivity index (χ1) is 12.5. The standard InChI is InChI=1S/C20H23NO5/c1-4-25-20(23)16-6-5-7-18(12-16)26-14(2)19(22)21-13-15-8-10-17(24-3)11-9-15/h5-12,14H,4,13H2,1-3H3,(H,21,22)/t14-/m0/s1. The predicted molar refractivity (Wildman–Crippen MR) is 97.3 cm³/mol. The Morgan fingerprint density at radius 3 is 2.46 bits per heavy atom. The zero-order valence-corrected chi connectivity index (χ0v) is 15.2. The summed E-state index contributed by atoms with van der Waals surface area (Å²) in [5, 5.41) is 2.82. The molecule has 6 nitrogen and oxygen atoms in total. The molecule has 0 aromatic heterocycles. The van der Waals surface area contributed by atoms with Crippen molar-refractivity contribution in [2.45, 2.75) is 26.5 Å². The number of amides is 1. The molecule has 0 bridgehead atoms. The molecule has 0 aliphatic carbocycles. The summed E-state index contributed by atoms with van der Waals surface area (Å²) in [6.07, 6.45) is -0.703. The molecule has 26 heavy (non-hydrogen) atoms. The van der Waals surface area contributed by atoms with E-state index < -0.39 is 12.1 Å². The third-order valence-electron chi connectivity index (χ3n) is 3.65. The van der Waals surface area contributed by atoms with Gasteiger partial charge in [-0.1, -0.05) is 18.2 Å². The number of esters is 1. The number of carbonyl (C=O) groups is 2. The molecule has 0 heterocycles. The second-order valence-corrected chi connectivity index (χ2v) is 5.57. The summed E-state index contributed by atoms with van der Waals surface area (Å²) in [4.78, 5) is 24.0. The second-order valence-electron chi connectivity index (χ2n) is 5.57. The third-order valence-corrected chi connectivity index (χ3v) is 3.65. The number of benzene rings is 2. The molecule has 0 aliphatic rings. The van der Waals surface area contributed by atoms with Gasteiger partial charge in [-0.05, 0) is 49.7 Å². The summed E-state index contributed by atoms with van der Waals surface area (Å²) in [7, 11) is 1.60. The molecule has 0 aliphatic heterocycles. The van der Waals surface area contributed by atoms with Gasteiger partial charge in [0, 0.05) is 6.54 Å². The number of methoxy groups -OCH3 is 1. The average Bonchev–Trinajstić information content (AvgIpc) is 2.66. The molecule has 0 radical (unpaired) electrons. The monoisotopic (exact) mass is 357 g/mol. The van der Waals surface area contributed by atoms with Crippen molar-refractivity contribution in [3.05, 3.63) is 59.7 Å². The van der Waals surface area contributed by atoms with Crippen LogP contribution in [0.25, 0.3) is 0 Å². The molecule has 0 unspecified atom stereocenters. The molecule has 0 saturated carbocycles. The fourth-order valence-electron chi connectivity index (χ4n) is 2.24. The minimum Gasteiger partial charge on any atom is -0.497 e. The van der Waals surface area contributed by atoms with Crippen molar-refractivity contribution < 1.29 is 23.8 Å². The topological polar surface area (TPSA) is 73.9 Å². The second kappa shape index (κ2) is 9.46. The Morgan fingerprint density at radius 1 is 1.08 bits per heavy atom. The fraction of sp³-hybridized carbons (Fsp3) is 0.300. The lowest BCUT2D eigenvalue weighted by molar-refractivity contribution is -0.127. The summed E-state index contributed by atoms with van der Waals surface area (Å²) in [5.41, 5.74) is 1.34. The predicted octanol–water partition coefficient (Wildman–Crippen LogP) is 2.96. The lowest BCUT2D eigenvalue weighted by atomic mass is 10.2. The molecule has 1 atom stereocenters. The molecule has 1 N–H and O–H groups in total. The zero-order valence-electron chi connectivity index (χ0n) is 15.2. The first-order valence-corrected chi connectivity index (χ1v) is 8.38. The highest BCUT2D eigenvalue weighted by Crippen LogP contribution is 2.16. The van der Waals surface area contributed by atoms with Crippen LogP contribution in [-0.4, -0.2) is 31.7 Å². The quantitative estimate of drug-likeness (QED) is 0.735. The first kappa shape index (κ1) is 19.3. The summed E-state index contributed by atoms with van der Waals surface area (Å²) in [6, 6.07) is 14.0. The van der Waals surface area contributed by atoms with Gasteiger partial charge in [0.15, 0.2) is 6.10 Å². The van der Waals surface area contributed by atoms with E-state index in [4.69, 9.17) is 14.2 Å². The molecule has 138 valence electrons. The summed E-state index contributed by atoms with van der Waals surface area (Å²) < 4.78 is 15.7. The number of hydrogen-bond acceptors (Lipinski definition) is 5. The van der Waals surface area contributed by atoms with E-state index in [0.29, 0.717) is 24.5 Å². The van der Waals surface area contributed by atoms with E-state index in [1.54, 1.807) is 45.2 Å². The number of nitrogens with one attached hydrogen (secondary N) is 1. The van der Waals surface area contributed by atoms with Crippen LogP contribution in [0.5, 0.6) is 11.5 Å². The number of hydrogen-bond donors (Lipinski definition) is 1. The maximum atomic E-state index is 12.2. The van der Waals surface area contributed by atoms with Crippen LogP contribution >= 0.6 is 0 Å². The van der Waals surface area contributed by atoms with Gasteiger partial charge < -0.3 is 19.5 Å². The van der Waals surface area contributed by atoms with Crippen molar-refractivity contribution in [2.24, 2.45) is 0 Å². The normalized spacial score (nSPS) is 11.3. The highest BCUT2D eigenvalue weighted by atomic mass is 16.5. The summed E-state index contributed by atoms with van der Waals surface area (Å²) in [6.45, 7) is 4.08. The largest absolute Gasteiger partial charge is 0.497 e. The minimum atomic E-state index is -0.703. The van der Waals surface area contributed by atoms with Crippen molar-refractivity contribution in [2.75, 3.05) is 13.7 Å². The van der Waals surface area contributed by atoms with Crippen LogP contribution in [0.1, 0.15) is 29.8 Å². The minimum absolute atomic E-state index is 0.248. The van der Waals surface area contributed by atoms with Gasteiger partial charge in [-0.2, -0.15) is 0 Å². The Morgan fingerprint density at radius 2 is 1.81 bits per heavy atom. The third kappa shape index (κ3) is 5.51. The van der Waals surface area contributed by atoms with E-state index in [-0.39, 0.29) is 5.91 Å². The molecule has 2 rings (SSSR count). The van der Waals surface area contributed by atoms with Crippen LogP contribution in [0.4, 0.5) is 0 Å². The van der Waals surface area contributed by atoms with E-state index >= 15 is 0 Å². The van der Waals surface area contributed by atoms with E-state index in [1.165, 1.54) is 0 Å². The highest BCUT2D eigenvalue weighted by molar-refractivity contribution is 5.89. The smallest absolute Gasteiger partial charge is 0.338 e. The molecule has 6 heteroatoms. The van der Waals surface area contributed by atoms with E-state index in [0.717, 1.165) is 11.3 Å². The maximum Gasteiger partial charge on any atom is 0.338 e. The molecule has 1 amide bonds. The van der Waals surface area contributed by atoms with Crippen LogP contribution in [0.2, 0.25) is 0 Å². The molecular formula is C20H23NO5. The molecular weight excluding hydrogens is 334 g/mol. The van der Waals surface area contributed by atoms with Crippen molar-refractivity contribution in [1.29, 1.82) is 0 Å². The van der Waals surface area contributed by atoms with Crippen molar-refractivity contribution in [1.82, 2.24) is 5.32 Å². The summed E-state index contributed by atoms with van der Waals surface area (Å²) in [5.74, 6) is 0.526. The average molecular weight is 357 g/mol. The van der Waals surface area contributed by atoms with Gasteiger partial charge in [0.1, 0.15) is 11.5 Å². The van der Waals surface area contributed by atoms with E-state index in [9.17, 15) is 9.59 Å². The lowest BCUT2D eigenvalue weighted by Crippen LogP contribution is -2.35. The zero-order chi connectivity index (χ0) is 18.9. The van der Waals surface area contributed by atoms with E-state index in [2.05, 4.69) is 5.32 Å². The Labute approximate surface area is 153 Å². The molecule has 2 aromatic carbocycles. The first-order valence-electron chi connectivity index (χ1n) is 8.38. The SMILES string of the molecule is CCOC(=O)c1cccc(O[C@@H](C)C(=O)NCc2ccc(OC)cc2)c1. The van der Waals surface area contributed by atoms with Crippen molar-refractivity contribution in [3.8, 4) is 11.5 Å². The molecule has 0 saturated heterocycles. The van der Waals surface area contributed by atoms with Crippen molar-refractivity contribution >= 4 is 11.9 Å². The van der Waals surface area contributed by atoms with Gasteiger partial charge in [0.05, 0.1) is 19.3 Å². The Bertz CT molecular complexity index is 742. The van der Waals surface area contributed by atoms with Crippen molar-refractivity contribution in [3.63, 3.8) is 0 Å². The molecule has 0 spiro atoms. The molecule has 0 fully saturated rings. The van der Waals surface area contributed by atoms with Crippen LogP contribution < -0.4 is 14.8 Å². The Hall–Kier alpha value is -3.02.